The minimum atomic E-state index is -0.247. The number of ether oxygens (including phenoxy) is 2. The molecular weight excluding hydrogens is 278 g/mol. The fraction of sp³-hybridized carbons (Fsp3) is 0.278. The highest BCUT2D eigenvalue weighted by molar-refractivity contribution is 5.71. The van der Waals surface area contributed by atoms with Gasteiger partial charge in [-0.05, 0) is 11.1 Å². The lowest BCUT2D eigenvalue weighted by atomic mass is 9.95. The number of carbonyl (C=O) groups is 1. The SMILES string of the molecule is O=C1OCC(c2ccccc2)N1[C@H]1CO[C@@H]1c1ccccc1. The van der Waals surface area contributed by atoms with Crippen molar-refractivity contribution in [3.63, 3.8) is 0 Å². The molecule has 2 aliphatic rings. The van der Waals surface area contributed by atoms with Crippen LogP contribution in [0.5, 0.6) is 0 Å². The van der Waals surface area contributed by atoms with Crippen LogP contribution in [0.25, 0.3) is 0 Å². The lowest BCUT2D eigenvalue weighted by Crippen LogP contribution is -2.52. The molecule has 0 N–H and O–H groups in total. The topological polar surface area (TPSA) is 38.8 Å². The standard InChI is InChI=1S/C18H17NO3/c20-18-19(15(11-22-18)13-7-3-1-4-8-13)16-12-21-17(16)14-9-5-2-6-10-14/h1-10,15-17H,11-12H2/t15?,16-,17+/m0/s1. The van der Waals surface area contributed by atoms with Gasteiger partial charge in [0.1, 0.15) is 12.7 Å². The van der Waals surface area contributed by atoms with E-state index in [9.17, 15) is 4.79 Å². The van der Waals surface area contributed by atoms with Gasteiger partial charge >= 0.3 is 6.09 Å². The van der Waals surface area contributed by atoms with E-state index >= 15 is 0 Å². The molecule has 1 amide bonds. The Morgan fingerprint density at radius 1 is 0.864 bits per heavy atom. The Hall–Kier alpha value is -2.33. The van der Waals surface area contributed by atoms with Crippen molar-refractivity contribution >= 4 is 6.09 Å². The van der Waals surface area contributed by atoms with E-state index in [-0.39, 0.29) is 24.3 Å². The molecule has 22 heavy (non-hydrogen) atoms. The summed E-state index contributed by atoms with van der Waals surface area (Å²) in [5, 5.41) is 0. The summed E-state index contributed by atoms with van der Waals surface area (Å²) in [6.07, 6.45) is -0.318. The summed E-state index contributed by atoms with van der Waals surface area (Å²) < 4.78 is 11.0. The smallest absolute Gasteiger partial charge is 0.410 e. The zero-order valence-corrected chi connectivity index (χ0v) is 12.1. The van der Waals surface area contributed by atoms with E-state index in [4.69, 9.17) is 9.47 Å². The highest BCUT2D eigenvalue weighted by Gasteiger charge is 2.47. The predicted molar refractivity (Wildman–Crippen MR) is 81.3 cm³/mol. The summed E-state index contributed by atoms with van der Waals surface area (Å²) in [6.45, 7) is 0.957. The van der Waals surface area contributed by atoms with Crippen molar-refractivity contribution in [2.24, 2.45) is 0 Å². The molecule has 0 aliphatic carbocycles. The number of carbonyl (C=O) groups excluding carboxylic acids is 1. The molecule has 0 radical (unpaired) electrons. The molecule has 112 valence electrons. The molecule has 4 heteroatoms. The van der Waals surface area contributed by atoms with Gasteiger partial charge in [0.25, 0.3) is 0 Å². The van der Waals surface area contributed by atoms with Gasteiger partial charge in [-0.1, -0.05) is 60.7 Å². The van der Waals surface area contributed by atoms with Crippen LogP contribution in [-0.4, -0.2) is 30.2 Å². The van der Waals surface area contributed by atoms with Gasteiger partial charge in [-0.2, -0.15) is 0 Å². The molecule has 2 aliphatic heterocycles. The largest absolute Gasteiger partial charge is 0.447 e. The highest BCUT2D eigenvalue weighted by atomic mass is 16.6. The highest BCUT2D eigenvalue weighted by Crippen LogP contribution is 2.40. The zero-order chi connectivity index (χ0) is 14.9. The zero-order valence-electron chi connectivity index (χ0n) is 12.1. The Morgan fingerprint density at radius 2 is 1.50 bits per heavy atom. The van der Waals surface area contributed by atoms with Gasteiger partial charge in [0.05, 0.1) is 18.7 Å². The van der Waals surface area contributed by atoms with E-state index in [0.29, 0.717) is 13.2 Å². The third kappa shape index (κ3) is 2.16. The van der Waals surface area contributed by atoms with Gasteiger partial charge in [0.15, 0.2) is 0 Å². The molecule has 3 atom stereocenters. The molecular formula is C18H17NO3. The summed E-state index contributed by atoms with van der Waals surface area (Å²) in [6, 6.07) is 20.1. The van der Waals surface area contributed by atoms with Crippen LogP contribution >= 0.6 is 0 Å². The fourth-order valence-electron chi connectivity index (χ4n) is 3.20. The van der Waals surface area contributed by atoms with Gasteiger partial charge in [0.2, 0.25) is 0 Å². The minimum Gasteiger partial charge on any atom is -0.447 e. The normalized spacial score (nSPS) is 27.4. The van der Waals surface area contributed by atoms with Crippen molar-refractivity contribution in [3.8, 4) is 0 Å². The lowest BCUT2D eigenvalue weighted by Gasteiger charge is -2.43. The fourth-order valence-corrected chi connectivity index (χ4v) is 3.20. The van der Waals surface area contributed by atoms with Crippen LogP contribution in [0.15, 0.2) is 60.7 Å². The molecule has 0 saturated carbocycles. The third-order valence-corrected chi connectivity index (χ3v) is 4.38. The number of benzene rings is 2. The quantitative estimate of drug-likeness (QED) is 0.872. The van der Waals surface area contributed by atoms with Crippen LogP contribution in [0.1, 0.15) is 23.3 Å². The molecule has 4 nitrogen and oxygen atoms in total. The van der Waals surface area contributed by atoms with Gasteiger partial charge in [-0.25, -0.2) is 4.79 Å². The number of cyclic esters (lactones) is 1. The molecule has 1 unspecified atom stereocenters. The summed E-state index contributed by atoms with van der Waals surface area (Å²) in [4.78, 5) is 14.1. The second-order valence-corrected chi connectivity index (χ2v) is 5.64. The Kier molecular flexibility index (Phi) is 3.31. The van der Waals surface area contributed by atoms with Crippen LogP contribution in [0.3, 0.4) is 0 Å². The molecule has 2 saturated heterocycles. The number of rotatable bonds is 3. The Morgan fingerprint density at radius 3 is 2.09 bits per heavy atom. The van der Waals surface area contributed by atoms with Crippen molar-refractivity contribution in [2.45, 2.75) is 18.2 Å². The van der Waals surface area contributed by atoms with Crippen molar-refractivity contribution in [2.75, 3.05) is 13.2 Å². The van der Waals surface area contributed by atoms with Gasteiger partial charge in [-0.15, -0.1) is 0 Å². The monoisotopic (exact) mass is 295 g/mol. The second-order valence-electron chi connectivity index (χ2n) is 5.64. The number of amides is 1. The van der Waals surface area contributed by atoms with E-state index in [1.165, 1.54) is 0 Å². The van der Waals surface area contributed by atoms with Gasteiger partial charge in [-0.3, -0.25) is 4.90 Å². The third-order valence-electron chi connectivity index (χ3n) is 4.38. The van der Waals surface area contributed by atoms with Crippen LogP contribution in [-0.2, 0) is 9.47 Å². The summed E-state index contributed by atoms with van der Waals surface area (Å²) in [5.74, 6) is 0. The maximum Gasteiger partial charge on any atom is 0.410 e. The predicted octanol–water partition coefficient (Wildman–Crippen LogP) is 3.32. The molecule has 4 rings (SSSR count). The number of hydrogen-bond acceptors (Lipinski definition) is 3. The van der Waals surface area contributed by atoms with E-state index in [1.54, 1.807) is 0 Å². The first-order chi connectivity index (χ1) is 10.8. The van der Waals surface area contributed by atoms with Crippen molar-refractivity contribution in [1.29, 1.82) is 0 Å². The Bertz CT molecular complexity index is 659. The van der Waals surface area contributed by atoms with Crippen LogP contribution in [0.2, 0.25) is 0 Å². The Balaban J connectivity index is 1.61. The van der Waals surface area contributed by atoms with Crippen LogP contribution in [0.4, 0.5) is 4.79 Å². The molecule has 2 aromatic rings. The lowest BCUT2D eigenvalue weighted by molar-refractivity contribution is -0.129. The number of hydrogen-bond donors (Lipinski definition) is 0. The van der Waals surface area contributed by atoms with Crippen molar-refractivity contribution in [1.82, 2.24) is 4.90 Å². The van der Waals surface area contributed by atoms with Gasteiger partial charge in [0, 0.05) is 0 Å². The molecule has 0 bridgehead atoms. The maximum atomic E-state index is 12.2. The van der Waals surface area contributed by atoms with Crippen molar-refractivity contribution < 1.29 is 14.3 Å². The van der Waals surface area contributed by atoms with E-state index < -0.39 is 0 Å². The van der Waals surface area contributed by atoms with Crippen molar-refractivity contribution in [3.05, 3.63) is 71.8 Å². The minimum absolute atomic E-state index is 0.0302. The molecule has 2 aromatic carbocycles. The van der Waals surface area contributed by atoms with Gasteiger partial charge < -0.3 is 9.47 Å². The van der Waals surface area contributed by atoms with E-state index in [0.717, 1.165) is 11.1 Å². The van der Waals surface area contributed by atoms with E-state index in [1.807, 2.05) is 65.6 Å². The summed E-state index contributed by atoms with van der Waals surface area (Å²) in [5.41, 5.74) is 2.21. The average molecular weight is 295 g/mol. The van der Waals surface area contributed by atoms with Crippen LogP contribution in [0, 0.1) is 0 Å². The summed E-state index contributed by atoms with van der Waals surface area (Å²) >= 11 is 0. The molecule has 0 spiro atoms. The first-order valence-electron chi connectivity index (χ1n) is 7.51. The van der Waals surface area contributed by atoms with Crippen LogP contribution < -0.4 is 0 Å². The Labute approximate surface area is 129 Å². The number of nitrogens with zero attached hydrogens (tertiary/aromatic N) is 1. The first kappa shape index (κ1) is 13.3. The molecule has 2 fully saturated rings. The first-order valence-corrected chi connectivity index (χ1v) is 7.51. The molecule has 0 aromatic heterocycles. The average Bonchev–Trinajstić information content (AvgIpc) is 2.90. The molecule has 2 heterocycles. The maximum absolute atomic E-state index is 12.2. The summed E-state index contributed by atoms with van der Waals surface area (Å²) in [7, 11) is 0. The second kappa shape index (κ2) is 5.46. The van der Waals surface area contributed by atoms with E-state index in [2.05, 4.69) is 0 Å².